The molecule has 0 amide bonds. The van der Waals surface area contributed by atoms with Gasteiger partial charge in [-0.25, -0.2) is 0 Å². The van der Waals surface area contributed by atoms with Crippen molar-refractivity contribution in [1.29, 1.82) is 0 Å². The van der Waals surface area contributed by atoms with E-state index >= 15 is 0 Å². The minimum absolute atomic E-state index is 0.145. The molecule has 23 heavy (non-hydrogen) atoms. The van der Waals surface area contributed by atoms with Gasteiger partial charge in [-0.05, 0) is 78.7 Å². The fraction of sp³-hybridized carbons (Fsp3) is 0.474. The van der Waals surface area contributed by atoms with Crippen molar-refractivity contribution in [3.05, 3.63) is 51.5 Å². The molecule has 2 aliphatic carbocycles. The van der Waals surface area contributed by atoms with Crippen LogP contribution in [0.5, 0.6) is 5.75 Å². The van der Waals surface area contributed by atoms with E-state index in [9.17, 15) is 5.11 Å². The van der Waals surface area contributed by atoms with E-state index in [0.29, 0.717) is 5.92 Å². The number of hydrogen-bond acceptors (Lipinski definition) is 3. The Bertz CT molecular complexity index is 651. The predicted octanol–water partition coefficient (Wildman–Crippen LogP) is 5.46. The minimum Gasteiger partial charge on any atom is -0.497 e. The summed E-state index contributed by atoms with van der Waals surface area (Å²) in [6.45, 7) is 2.26. The lowest BCUT2D eigenvalue weighted by Crippen LogP contribution is -2.10. The van der Waals surface area contributed by atoms with E-state index < -0.39 is 0 Å². The third-order valence-corrected chi connectivity index (χ3v) is 7.34. The second-order valence-electron chi connectivity index (χ2n) is 6.48. The Hall–Kier alpha value is -0.460. The molecule has 0 saturated heterocycles. The lowest BCUT2D eigenvalue weighted by Gasteiger charge is -2.26. The normalized spacial score (nSPS) is 24.2. The van der Waals surface area contributed by atoms with Crippen LogP contribution in [0.3, 0.4) is 0 Å². The Balaban J connectivity index is 1.83. The zero-order valence-corrected chi connectivity index (χ0v) is 16.6. The fourth-order valence-corrected chi connectivity index (χ4v) is 5.90. The van der Waals surface area contributed by atoms with Gasteiger partial charge in [0, 0.05) is 21.2 Å². The maximum Gasteiger partial charge on any atom is 0.119 e. The number of rotatable bonds is 5. The third kappa shape index (κ3) is 3.80. The molecule has 0 aromatic heterocycles. The van der Waals surface area contributed by atoms with Crippen LogP contribution in [-0.4, -0.2) is 18.3 Å². The topological polar surface area (TPSA) is 29.5 Å². The molecular formula is C19H23IO2S. The van der Waals surface area contributed by atoms with Crippen LogP contribution in [0, 0.1) is 5.92 Å². The Labute approximate surface area is 155 Å². The van der Waals surface area contributed by atoms with E-state index in [4.69, 9.17) is 4.74 Å². The van der Waals surface area contributed by atoms with Crippen molar-refractivity contribution < 1.29 is 9.84 Å². The third-order valence-electron chi connectivity index (χ3n) is 5.09. The van der Waals surface area contributed by atoms with Gasteiger partial charge >= 0.3 is 0 Å². The first-order valence-corrected chi connectivity index (χ1v) is 11.5. The van der Waals surface area contributed by atoms with Crippen molar-refractivity contribution in [1.82, 2.24) is 0 Å². The summed E-state index contributed by atoms with van der Waals surface area (Å²) < 4.78 is 5.33. The van der Waals surface area contributed by atoms with Gasteiger partial charge in [0.25, 0.3) is 0 Å². The lowest BCUT2D eigenvalue weighted by molar-refractivity contribution is 0.179. The van der Waals surface area contributed by atoms with E-state index in [1.165, 1.54) is 27.2 Å². The number of halogens is 1. The van der Waals surface area contributed by atoms with Crippen LogP contribution < -0.4 is 4.74 Å². The molecule has 0 radical (unpaired) electrons. The minimum atomic E-state index is -0.145. The molecule has 124 valence electrons. The van der Waals surface area contributed by atoms with Gasteiger partial charge in [-0.3, -0.25) is 0 Å². The van der Waals surface area contributed by atoms with Crippen molar-refractivity contribution >= 4 is 30.1 Å². The summed E-state index contributed by atoms with van der Waals surface area (Å²) >= 11 is 2.40. The van der Waals surface area contributed by atoms with Gasteiger partial charge in [0.05, 0.1) is 13.2 Å². The lowest BCUT2D eigenvalue weighted by atomic mass is 9.83. The first-order chi connectivity index (χ1) is 11.1. The molecule has 1 aromatic carbocycles. The van der Waals surface area contributed by atoms with Gasteiger partial charge in [0.2, 0.25) is 0 Å². The monoisotopic (exact) mass is 442 g/mol. The molecule has 3 rings (SSSR count). The van der Waals surface area contributed by atoms with Crippen LogP contribution in [0.2, 0.25) is 0 Å². The molecule has 1 aromatic rings. The molecule has 2 nitrogen and oxygen atoms in total. The highest BCUT2D eigenvalue weighted by atomic mass is 127. The highest BCUT2D eigenvalue weighted by Crippen LogP contribution is 2.49. The van der Waals surface area contributed by atoms with Crippen LogP contribution in [0.4, 0.5) is 0 Å². The van der Waals surface area contributed by atoms with Gasteiger partial charge in [0.1, 0.15) is 5.75 Å². The predicted molar refractivity (Wildman–Crippen MR) is 106 cm³/mol. The summed E-state index contributed by atoms with van der Waals surface area (Å²) in [5.41, 5.74) is 5.79. The van der Waals surface area contributed by atoms with Gasteiger partial charge in [-0.1, -0.05) is 26.6 Å². The molecule has 0 aliphatic heterocycles. The number of benzene rings is 1. The molecular weight excluding hydrogens is 419 g/mol. The molecule has 4 heteroatoms. The maximum absolute atomic E-state index is 10.1. The summed E-state index contributed by atoms with van der Waals surface area (Å²) in [5, 5.41) is 10.1. The van der Waals surface area contributed by atoms with Crippen molar-refractivity contribution in [2.24, 2.45) is 5.92 Å². The van der Waals surface area contributed by atoms with Crippen LogP contribution in [0.15, 0.2) is 45.9 Å². The van der Waals surface area contributed by atoms with Crippen LogP contribution >= 0.6 is 30.1 Å². The van der Waals surface area contributed by atoms with Gasteiger partial charge in [-0.2, -0.15) is 0 Å². The highest BCUT2D eigenvalue weighted by Gasteiger charge is 2.34. The summed E-state index contributed by atoms with van der Waals surface area (Å²) in [6.07, 6.45) is 4.86. The van der Waals surface area contributed by atoms with Crippen molar-refractivity contribution in [2.45, 2.75) is 45.1 Å². The first kappa shape index (κ1) is 17.4. The van der Waals surface area contributed by atoms with Crippen molar-refractivity contribution in [3.8, 4) is 5.75 Å². The molecule has 2 unspecified atom stereocenters. The number of allylic oxidation sites excluding steroid dienone is 3. The number of hydrogen-bond donors (Lipinski definition) is 1. The molecule has 0 bridgehead atoms. The molecule has 1 fully saturated rings. The van der Waals surface area contributed by atoms with Crippen molar-refractivity contribution in [2.75, 3.05) is 7.11 Å². The number of aryl methyl sites for hydroxylation is 1. The molecule has 2 aliphatic rings. The zero-order valence-electron chi connectivity index (χ0n) is 13.6. The molecule has 1 saturated carbocycles. The van der Waals surface area contributed by atoms with E-state index in [1.54, 1.807) is 7.11 Å². The smallest absolute Gasteiger partial charge is 0.119 e. The van der Waals surface area contributed by atoms with E-state index in [1.807, 2.05) is 15.0 Å². The van der Waals surface area contributed by atoms with E-state index in [2.05, 4.69) is 46.3 Å². The first-order valence-electron chi connectivity index (χ1n) is 8.14. The van der Waals surface area contributed by atoms with Gasteiger partial charge in [0.15, 0.2) is 0 Å². The number of fused-ring (bicyclic) bond motifs is 1. The standard InChI is InChI=1S/C19H23IO2S/c1-12-17(7-6-13-4-3-5-16(8-13)22-2)18-11-15(21)9-14(18)10-19(12)23-20/h3-5,8,14-15,21H,6-7,9-11H2,1-2H3. The number of ether oxygens (including phenoxy) is 1. The van der Waals surface area contributed by atoms with Gasteiger partial charge in [-0.15, -0.1) is 0 Å². The summed E-state index contributed by atoms with van der Waals surface area (Å²) in [6, 6.07) is 8.35. The average Bonchev–Trinajstić information content (AvgIpc) is 2.93. The molecule has 2 atom stereocenters. The van der Waals surface area contributed by atoms with E-state index in [0.717, 1.165) is 37.9 Å². The Morgan fingerprint density at radius 1 is 1.30 bits per heavy atom. The largest absolute Gasteiger partial charge is 0.497 e. The SMILES string of the molecule is COc1cccc(CCC2=C3CC(O)CC3CC(SI)=C2C)c1. The van der Waals surface area contributed by atoms with Crippen LogP contribution in [0.1, 0.15) is 38.2 Å². The average molecular weight is 442 g/mol. The van der Waals surface area contributed by atoms with Crippen molar-refractivity contribution in [3.63, 3.8) is 0 Å². The number of aliphatic hydroxyl groups excluding tert-OH is 1. The summed E-state index contributed by atoms with van der Waals surface area (Å²) in [4.78, 5) is 1.49. The Kier molecular flexibility index (Phi) is 5.75. The van der Waals surface area contributed by atoms with Crippen LogP contribution in [0.25, 0.3) is 0 Å². The zero-order chi connectivity index (χ0) is 16.4. The second kappa shape index (κ2) is 7.62. The second-order valence-corrected chi connectivity index (χ2v) is 8.44. The van der Waals surface area contributed by atoms with E-state index in [-0.39, 0.29) is 6.10 Å². The Morgan fingerprint density at radius 2 is 2.13 bits per heavy atom. The molecule has 1 N–H and O–H groups in total. The Morgan fingerprint density at radius 3 is 2.87 bits per heavy atom. The summed E-state index contributed by atoms with van der Waals surface area (Å²) in [7, 11) is 3.56. The quantitative estimate of drug-likeness (QED) is 0.615. The fourth-order valence-electron chi connectivity index (χ4n) is 3.87. The molecule has 0 heterocycles. The molecule has 0 spiro atoms. The van der Waals surface area contributed by atoms with Crippen LogP contribution in [-0.2, 0) is 6.42 Å². The summed E-state index contributed by atoms with van der Waals surface area (Å²) in [5.74, 6) is 1.49. The maximum atomic E-state index is 10.1. The highest BCUT2D eigenvalue weighted by molar-refractivity contribution is 14.2. The number of aliphatic hydroxyl groups is 1. The van der Waals surface area contributed by atoms with Gasteiger partial charge < -0.3 is 9.84 Å². The number of methoxy groups -OCH3 is 1.